The summed E-state index contributed by atoms with van der Waals surface area (Å²) in [4.78, 5) is 22.3. The average molecular weight is 739 g/mol. The van der Waals surface area contributed by atoms with Crippen LogP contribution in [0.2, 0.25) is 10.0 Å². The van der Waals surface area contributed by atoms with Gasteiger partial charge < -0.3 is 29.6 Å². The van der Waals surface area contributed by atoms with Crippen LogP contribution >= 0.6 is 23.2 Å². The third-order valence-corrected chi connectivity index (χ3v) is 11.3. The van der Waals surface area contributed by atoms with Crippen LogP contribution in [0.5, 0.6) is 11.5 Å². The molecule has 1 aromatic heterocycles. The van der Waals surface area contributed by atoms with E-state index in [1.807, 2.05) is 41.9 Å². The zero-order valence-electron chi connectivity index (χ0n) is 28.7. The van der Waals surface area contributed by atoms with Gasteiger partial charge in [0, 0.05) is 68.6 Å². The molecular formula is C38H42Cl2FN5O5. The lowest BCUT2D eigenvalue weighted by Crippen LogP contribution is -2.33. The van der Waals surface area contributed by atoms with Gasteiger partial charge in [-0.3, -0.25) is 14.6 Å². The zero-order valence-corrected chi connectivity index (χ0v) is 30.2. The molecule has 0 radical (unpaired) electrons. The van der Waals surface area contributed by atoms with Crippen molar-refractivity contribution in [1.29, 1.82) is 0 Å². The summed E-state index contributed by atoms with van der Waals surface area (Å²) in [5.74, 6) is -0.0780. The van der Waals surface area contributed by atoms with E-state index in [9.17, 15) is 15.0 Å². The zero-order chi connectivity index (χ0) is 35.8. The number of halogens is 3. The molecule has 2 atom stereocenters. The number of likely N-dealkylation sites (tertiary alicyclic amines) is 1. The number of imidazole rings is 1. The Kier molecular flexibility index (Phi) is 10.6. The van der Waals surface area contributed by atoms with Gasteiger partial charge in [0.15, 0.2) is 11.6 Å². The first-order valence-corrected chi connectivity index (χ1v) is 18.1. The molecular weight excluding hydrogens is 696 g/mol. The third kappa shape index (κ3) is 6.83. The maximum atomic E-state index is 15.8. The van der Waals surface area contributed by atoms with Gasteiger partial charge in [-0.25, -0.2) is 9.37 Å². The number of ether oxygens (including phenoxy) is 2. The number of carbonyl (C=O) groups is 1. The number of carbonyl (C=O) groups excluding carboxylic acids is 1. The van der Waals surface area contributed by atoms with Gasteiger partial charge in [0.2, 0.25) is 0 Å². The second-order valence-corrected chi connectivity index (χ2v) is 14.2. The molecule has 3 N–H and O–H groups in total. The molecule has 3 aromatic carbocycles. The predicted molar refractivity (Wildman–Crippen MR) is 194 cm³/mol. The van der Waals surface area contributed by atoms with E-state index >= 15 is 4.39 Å². The van der Waals surface area contributed by atoms with Crippen molar-refractivity contribution in [3.63, 3.8) is 0 Å². The molecule has 13 heteroatoms. The van der Waals surface area contributed by atoms with Gasteiger partial charge in [-0.05, 0) is 55.0 Å². The van der Waals surface area contributed by atoms with Gasteiger partial charge in [0.25, 0.3) is 5.91 Å². The van der Waals surface area contributed by atoms with Crippen LogP contribution in [0.4, 0.5) is 10.1 Å². The third-order valence-electron chi connectivity index (χ3n) is 10.5. The number of benzene rings is 3. The fourth-order valence-electron chi connectivity index (χ4n) is 7.82. The van der Waals surface area contributed by atoms with Crippen molar-refractivity contribution in [3.05, 3.63) is 92.2 Å². The molecule has 7 rings (SSSR count). The first-order valence-electron chi connectivity index (χ1n) is 17.4. The second-order valence-electron chi connectivity index (χ2n) is 13.4. The fourth-order valence-corrected chi connectivity index (χ4v) is 8.31. The van der Waals surface area contributed by atoms with Crippen molar-refractivity contribution in [2.24, 2.45) is 7.05 Å². The number of aliphatic hydroxyl groups is 2. The molecule has 0 spiro atoms. The van der Waals surface area contributed by atoms with Crippen LogP contribution in [0, 0.1) is 5.82 Å². The van der Waals surface area contributed by atoms with E-state index in [-0.39, 0.29) is 48.6 Å². The first kappa shape index (κ1) is 35.7. The molecule has 1 saturated heterocycles. The van der Waals surface area contributed by atoms with Gasteiger partial charge in [-0.2, -0.15) is 0 Å². The highest BCUT2D eigenvalue weighted by atomic mass is 35.5. The summed E-state index contributed by atoms with van der Waals surface area (Å²) in [5, 5.41) is 22.4. The largest absolute Gasteiger partial charge is 0.496 e. The highest BCUT2D eigenvalue weighted by Crippen LogP contribution is 2.46. The Bertz CT molecular complexity index is 1950. The Morgan fingerprint density at radius 3 is 2.65 bits per heavy atom. The van der Waals surface area contributed by atoms with Crippen LogP contribution in [0.15, 0.2) is 42.5 Å². The molecule has 51 heavy (non-hydrogen) atoms. The topological polar surface area (TPSA) is 112 Å². The summed E-state index contributed by atoms with van der Waals surface area (Å²) in [6, 6.07) is 13.1. The van der Waals surface area contributed by atoms with E-state index in [1.54, 1.807) is 12.1 Å². The minimum Gasteiger partial charge on any atom is -0.496 e. The normalized spacial score (nSPS) is 18.9. The van der Waals surface area contributed by atoms with Crippen molar-refractivity contribution in [3.8, 4) is 22.6 Å². The van der Waals surface area contributed by atoms with Crippen LogP contribution < -0.4 is 14.8 Å². The summed E-state index contributed by atoms with van der Waals surface area (Å²) >= 11 is 13.6. The van der Waals surface area contributed by atoms with Crippen molar-refractivity contribution in [2.45, 2.75) is 57.3 Å². The smallest absolute Gasteiger partial charge is 0.291 e. The molecule has 1 amide bonds. The van der Waals surface area contributed by atoms with Gasteiger partial charge in [0.1, 0.15) is 22.6 Å². The summed E-state index contributed by atoms with van der Waals surface area (Å²) in [6.07, 6.45) is 3.51. The van der Waals surface area contributed by atoms with E-state index in [2.05, 4.69) is 20.1 Å². The molecule has 0 bridgehead atoms. The van der Waals surface area contributed by atoms with Crippen LogP contribution in [0.1, 0.15) is 64.1 Å². The molecule has 4 aromatic rings. The lowest BCUT2D eigenvalue weighted by molar-refractivity contribution is 0.101. The maximum absolute atomic E-state index is 15.8. The Balaban J connectivity index is 1.11. The van der Waals surface area contributed by atoms with Crippen LogP contribution in [0.3, 0.4) is 0 Å². The number of hydrogen-bond donors (Lipinski definition) is 3. The number of nitrogens with one attached hydrogen (secondary N) is 1. The van der Waals surface area contributed by atoms with Crippen LogP contribution in [-0.4, -0.2) is 81.5 Å². The number of fused-ring (bicyclic) bond motifs is 2. The highest BCUT2D eigenvalue weighted by molar-refractivity contribution is 6.36. The number of amides is 1. The fraction of sp³-hybridized carbons (Fsp3) is 0.421. The highest BCUT2D eigenvalue weighted by Gasteiger charge is 2.32. The van der Waals surface area contributed by atoms with E-state index in [0.717, 1.165) is 66.0 Å². The maximum Gasteiger partial charge on any atom is 0.291 e. The van der Waals surface area contributed by atoms with Gasteiger partial charge >= 0.3 is 0 Å². The van der Waals surface area contributed by atoms with Gasteiger partial charge in [-0.1, -0.05) is 53.5 Å². The lowest BCUT2D eigenvalue weighted by Gasteiger charge is -2.25. The Labute approximate surface area is 306 Å². The number of anilines is 1. The van der Waals surface area contributed by atoms with Crippen molar-refractivity contribution in [1.82, 2.24) is 19.4 Å². The number of hydrogen-bond acceptors (Lipinski definition) is 8. The van der Waals surface area contributed by atoms with Crippen LogP contribution in [0.25, 0.3) is 11.1 Å². The Morgan fingerprint density at radius 1 is 1.06 bits per heavy atom. The molecule has 1 aliphatic carbocycles. The van der Waals surface area contributed by atoms with Crippen molar-refractivity contribution < 1.29 is 28.9 Å². The second kappa shape index (κ2) is 15.1. The molecule has 2 aliphatic heterocycles. The minimum absolute atomic E-state index is 0.0189. The van der Waals surface area contributed by atoms with Crippen molar-refractivity contribution >= 4 is 34.8 Å². The average Bonchev–Trinajstić information content (AvgIpc) is 3.86. The molecule has 270 valence electrons. The Morgan fingerprint density at radius 2 is 1.86 bits per heavy atom. The van der Waals surface area contributed by atoms with E-state index in [4.69, 9.17) is 32.7 Å². The quantitative estimate of drug-likeness (QED) is 0.168. The van der Waals surface area contributed by atoms with Gasteiger partial charge in [-0.15, -0.1) is 0 Å². The number of aliphatic hydroxyl groups excluding tert-OH is 2. The molecule has 3 heterocycles. The van der Waals surface area contributed by atoms with E-state index < -0.39 is 5.82 Å². The predicted octanol–water partition coefficient (Wildman–Crippen LogP) is 6.17. The van der Waals surface area contributed by atoms with Crippen LogP contribution in [-0.2, 0) is 33.0 Å². The van der Waals surface area contributed by atoms with E-state index in [0.29, 0.717) is 53.8 Å². The monoisotopic (exact) mass is 737 g/mol. The summed E-state index contributed by atoms with van der Waals surface area (Å²) < 4.78 is 29.7. The number of nitrogens with zero attached hydrogens (tertiary/aromatic N) is 4. The summed E-state index contributed by atoms with van der Waals surface area (Å²) in [5.41, 5.74) is 6.38. The lowest BCUT2D eigenvalue weighted by atomic mass is 9.96. The van der Waals surface area contributed by atoms with Gasteiger partial charge in [0.05, 0.1) is 36.7 Å². The number of aromatic nitrogens is 2. The van der Waals surface area contributed by atoms with E-state index in [1.165, 1.54) is 7.11 Å². The van der Waals surface area contributed by atoms with Crippen molar-refractivity contribution in [2.75, 3.05) is 45.3 Å². The molecule has 0 saturated carbocycles. The number of β-amino-alcohol motifs (C(OH)–C–C–N with tert-alkyl or cyclic N) is 1. The summed E-state index contributed by atoms with van der Waals surface area (Å²) in [7, 11) is 3.35. The minimum atomic E-state index is -0.582. The molecule has 2 unspecified atom stereocenters. The molecule has 3 aliphatic rings. The number of methoxy groups -OCH3 is 1. The first-order chi connectivity index (χ1) is 24.7. The standard InChI is InChI=1S/C38H42Cl2FN5O5/c1-44-30-13-15-45(16-17-47)20-29(30)42-37(44)38(49)43-28-10-4-9-26(34(28)39)23-7-3-8-25-24(23)11-12-31(25)51-33-18-32(50-2)27(36(41)35(33)40)19-46-14-5-6-22(46)21-48/h3-4,7-10,18,22,31,47-48H,5-6,11-17,19-21H2,1-2H3,(H,43,49). The molecule has 1 fully saturated rings. The molecule has 10 nitrogen and oxygen atoms in total. The number of rotatable bonds is 11. The Hall–Kier alpha value is -3.71. The summed E-state index contributed by atoms with van der Waals surface area (Å²) in [6.45, 7) is 3.09. The SMILES string of the molecule is COc1cc(OC2CCc3c(-c4cccc(NC(=O)c5nc6c(n5C)CCN(CCO)C6)c4Cl)cccc32)c(Cl)c(F)c1CN1CCCC1CO.